The third-order valence-corrected chi connectivity index (χ3v) is 3.63. The van der Waals surface area contributed by atoms with E-state index in [2.05, 4.69) is 4.98 Å². The van der Waals surface area contributed by atoms with E-state index in [9.17, 15) is 19.8 Å². The van der Waals surface area contributed by atoms with Crippen LogP contribution in [0.4, 0.5) is 0 Å². The number of hydrogen-bond acceptors (Lipinski definition) is 7. The van der Waals surface area contributed by atoms with Gasteiger partial charge in [0.25, 0.3) is 5.56 Å². The van der Waals surface area contributed by atoms with Crippen LogP contribution in [-0.4, -0.2) is 49.8 Å². The number of aliphatic hydroxyl groups is 3. The van der Waals surface area contributed by atoms with Crippen molar-refractivity contribution in [3.63, 3.8) is 0 Å². The number of nitrogens with one attached hydrogen (secondary N) is 1. The normalized spacial score (nSPS) is 30.5. The third-order valence-electron chi connectivity index (χ3n) is 3.63. The van der Waals surface area contributed by atoms with Gasteiger partial charge in [0.1, 0.15) is 18.3 Å². The van der Waals surface area contributed by atoms with Crippen molar-refractivity contribution in [2.45, 2.75) is 43.9 Å². The maximum atomic E-state index is 11.9. The van der Waals surface area contributed by atoms with E-state index in [1.54, 1.807) is 6.92 Å². The predicted molar refractivity (Wildman–Crippen MR) is 71.6 cm³/mol. The first kappa shape index (κ1) is 15.9. The summed E-state index contributed by atoms with van der Waals surface area (Å²) in [6.07, 6.45) is -3.25. The van der Waals surface area contributed by atoms with Crippen molar-refractivity contribution < 1.29 is 20.1 Å². The summed E-state index contributed by atoms with van der Waals surface area (Å²) in [7, 11) is 0. The Kier molecular flexibility index (Phi) is 4.59. The van der Waals surface area contributed by atoms with Crippen molar-refractivity contribution in [2.75, 3.05) is 6.61 Å². The van der Waals surface area contributed by atoms with Crippen molar-refractivity contribution in [3.8, 4) is 0 Å². The van der Waals surface area contributed by atoms with Crippen molar-refractivity contribution >= 4 is 0 Å². The van der Waals surface area contributed by atoms with Crippen LogP contribution < -0.4 is 17.0 Å². The molecule has 0 aliphatic carbocycles. The minimum Gasteiger partial charge on any atom is -0.394 e. The lowest BCUT2D eigenvalue weighted by Gasteiger charge is -2.19. The molecule has 1 aromatic heterocycles. The number of ether oxygens (including phenoxy) is 1. The summed E-state index contributed by atoms with van der Waals surface area (Å²) >= 11 is 0. The number of H-pyrrole nitrogens is 1. The topological polar surface area (TPSA) is 151 Å². The van der Waals surface area contributed by atoms with Gasteiger partial charge in [-0.05, 0) is 6.42 Å². The Hall–Kier alpha value is -1.52. The Morgan fingerprint density at radius 1 is 1.43 bits per heavy atom. The maximum Gasteiger partial charge on any atom is 0.330 e. The molecule has 2 heterocycles. The third kappa shape index (κ3) is 2.78. The standard InChI is InChI=1S/C12H19N3O6/c1-2-6(13)5-3-15(12(20)14-10(5)19)11-9(18)8(17)7(4-16)21-11/h3,6-9,11,16-18H,2,4,13H2,1H3,(H,14,19,20)/t6?,7-,8-,9-,11-/m1/s1. The number of aliphatic hydroxyl groups excluding tert-OH is 3. The molecular formula is C12H19N3O6. The summed E-state index contributed by atoms with van der Waals surface area (Å²) in [5, 5.41) is 28.7. The van der Waals surface area contributed by atoms with E-state index >= 15 is 0 Å². The van der Waals surface area contributed by atoms with Gasteiger partial charge in [0.15, 0.2) is 6.23 Å². The highest BCUT2D eigenvalue weighted by Crippen LogP contribution is 2.28. The fourth-order valence-electron chi connectivity index (χ4n) is 2.28. The first-order valence-electron chi connectivity index (χ1n) is 6.64. The van der Waals surface area contributed by atoms with Crippen LogP contribution in [-0.2, 0) is 4.74 Å². The molecule has 1 unspecified atom stereocenters. The second-order valence-electron chi connectivity index (χ2n) is 4.99. The zero-order valence-corrected chi connectivity index (χ0v) is 11.5. The van der Waals surface area contributed by atoms with Crippen LogP contribution in [0.25, 0.3) is 0 Å². The number of nitrogens with two attached hydrogens (primary N) is 1. The van der Waals surface area contributed by atoms with E-state index in [0.717, 1.165) is 4.57 Å². The average Bonchev–Trinajstić information content (AvgIpc) is 2.74. The molecule has 118 valence electrons. The minimum absolute atomic E-state index is 0.176. The highest BCUT2D eigenvalue weighted by atomic mass is 16.6. The molecule has 21 heavy (non-hydrogen) atoms. The lowest BCUT2D eigenvalue weighted by molar-refractivity contribution is -0.0551. The molecule has 9 nitrogen and oxygen atoms in total. The van der Waals surface area contributed by atoms with Gasteiger partial charge in [-0.25, -0.2) is 4.79 Å². The molecule has 1 aliphatic heterocycles. The highest BCUT2D eigenvalue weighted by Gasteiger charge is 2.43. The van der Waals surface area contributed by atoms with E-state index < -0.39 is 48.4 Å². The monoisotopic (exact) mass is 301 g/mol. The van der Waals surface area contributed by atoms with Gasteiger partial charge in [0.2, 0.25) is 0 Å². The first-order valence-corrected chi connectivity index (χ1v) is 6.64. The van der Waals surface area contributed by atoms with Gasteiger partial charge in [-0.2, -0.15) is 0 Å². The molecule has 1 aliphatic rings. The molecule has 1 aromatic rings. The van der Waals surface area contributed by atoms with Crippen LogP contribution in [0.3, 0.4) is 0 Å². The molecule has 2 rings (SSSR count). The predicted octanol–water partition coefficient (Wildman–Crippen LogP) is -2.44. The second kappa shape index (κ2) is 6.08. The number of aromatic amines is 1. The number of hydrogen-bond donors (Lipinski definition) is 5. The second-order valence-corrected chi connectivity index (χ2v) is 4.99. The Bertz CT molecular complexity index is 612. The maximum absolute atomic E-state index is 11.9. The molecule has 1 fully saturated rings. The van der Waals surface area contributed by atoms with Gasteiger partial charge in [-0.3, -0.25) is 14.3 Å². The SMILES string of the molecule is CCC(N)c1cn([C@@H]2O[C@H](CO)[C@@H](O)[C@H]2O)c(=O)[nH]c1=O. The Labute approximate surface area is 119 Å². The van der Waals surface area contributed by atoms with E-state index in [0.29, 0.717) is 6.42 Å². The van der Waals surface area contributed by atoms with Gasteiger partial charge in [0, 0.05) is 12.2 Å². The molecular weight excluding hydrogens is 282 g/mol. The number of aromatic nitrogens is 2. The molecule has 0 spiro atoms. The van der Waals surface area contributed by atoms with E-state index in [1.807, 2.05) is 0 Å². The van der Waals surface area contributed by atoms with E-state index in [-0.39, 0.29) is 5.56 Å². The van der Waals surface area contributed by atoms with Crippen molar-refractivity contribution in [1.29, 1.82) is 0 Å². The molecule has 5 atom stereocenters. The zero-order valence-electron chi connectivity index (χ0n) is 11.5. The van der Waals surface area contributed by atoms with Gasteiger partial charge in [0.05, 0.1) is 12.2 Å². The molecule has 0 aromatic carbocycles. The van der Waals surface area contributed by atoms with Crippen LogP contribution in [0, 0.1) is 0 Å². The fourth-order valence-corrected chi connectivity index (χ4v) is 2.28. The summed E-state index contributed by atoms with van der Waals surface area (Å²) in [6, 6.07) is -0.572. The van der Waals surface area contributed by atoms with Crippen molar-refractivity contribution in [3.05, 3.63) is 32.6 Å². The van der Waals surface area contributed by atoms with Crippen LogP contribution >= 0.6 is 0 Å². The Morgan fingerprint density at radius 2 is 2.10 bits per heavy atom. The zero-order chi connectivity index (χ0) is 15.7. The molecule has 0 radical (unpaired) electrons. The highest BCUT2D eigenvalue weighted by molar-refractivity contribution is 5.10. The van der Waals surface area contributed by atoms with Crippen molar-refractivity contribution in [2.24, 2.45) is 5.73 Å². The molecule has 1 saturated heterocycles. The Morgan fingerprint density at radius 3 is 2.62 bits per heavy atom. The lowest BCUT2D eigenvalue weighted by Crippen LogP contribution is -2.39. The van der Waals surface area contributed by atoms with Crippen molar-refractivity contribution in [1.82, 2.24) is 9.55 Å². The summed E-state index contributed by atoms with van der Waals surface area (Å²) in [6.45, 7) is 1.28. The quantitative estimate of drug-likeness (QED) is 0.414. The average molecular weight is 301 g/mol. The lowest BCUT2D eigenvalue weighted by atomic mass is 10.1. The summed E-state index contributed by atoms with van der Waals surface area (Å²) in [4.78, 5) is 25.7. The minimum atomic E-state index is -1.41. The molecule has 0 bridgehead atoms. The summed E-state index contributed by atoms with van der Waals surface area (Å²) in [5.41, 5.74) is 4.59. The van der Waals surface area contributed by atoms with Gasteiger partial charge in [-0.15, -0.1) is 0 Å². The molecule has 9 heteroatoms. The van der Waals surface area contributed by atoms with E-state index in [4.69, 9.17) is 15.6 Å². The fraction of sp³-hybridized carbons (Fsp3) is 0.667. The van der Waals surface area contributed by atoms with Gasteiger partial charge in [-0.1, -0.05) is 6.92 Å². The molecule has 0 saturated carbocycles. The summed E-state index contributed by atoms with van der Waals surface area (Å²) < 4.78 is 6.23. The molecule has 0 amide bonds. The smallest absolute Gasteiger partial charge is 0.330 e. The van der Waals surface area contributed by atoms with Crippen LogP contribution in [0.5, 0.6) is 0 Å². The summed E-state index contributed by atoms with van der Waals surface area (Å²) in [5.74, 6) is 0. The van der Waals surface area contributed by atoms with Crippen LogP contribution in [0.1, 0.15) is 31.2 Å². The number of rotatable bonds is 4. The largest absolute Gasteiger partial charge is 0.394 e. The van der Waals surface area contributed by atoms with Crippen LogP contribution in [0.2, 0.25) is 0 Å². The Balaban J connectivity index is 2.45. The van der Waals surface area contributed by atoms with Gasteiger partial charge < -0.3 is 25.8 Å². The molecule has 6 N–H and O–H groups in total. The first-order chi connectivity index (χ1) is 9.90. The van der Waals surface area contributed by atoms with E-state index in [1.165, 1.54) is 6.20 Å². The van der Waals surface area contributed by atoms with Gasteiger partial charge >= 0.3 is 5.69 Å². The number of nitrogens with zero attached hydrogens (tertiary/aromatic N) is 1. The van der Waals surface area contributed by atoms with Crippen LogP contribution in [0.15, 0.2) is 15.8 Å².